The number of nitrogens with zero attached hydrogens (tertiary/aromatic N) is 1. The van der Waals surface area contributed by atoms with E-state index in [9.17, 15) is 4.79 Å². The maximum Gasteiger partial charge on any atom is 0.260 e. The molecule has 0 aliphatic rings. The summed E-state index contributed by atoms with van der Waals surface area (Å²) < 4.78 is 5.38. The summed E-state index contributed by atoms with van der Waals surface area (Å²) in [5, 5.41) is 0. The average Bonchev–Trinajstić information content (AvgIpc) is 2.36. The van der Waals surface area contributed by atoms with Crippen LogP contribution in [0.25, 0.3) is 0 Å². The molecule has 0 aromatic heterocycles. The molecule has 0 saturated heterocycles. The minimum atomic E-state index is -0.0403. The van der Waals surface area contributed by atoms with Gasteiger partial charge < -0.3 is 15.4 Å². The number of anilines is 1. The summed E-state index contributed by atoms with van der Waals surface area (Å²) in [5.74, 6) is 0.573. The zero-order chi connectivity index (χ0) is 13.4. The number of likely N-dealkylation sites (N-methyl/N-ethyl adjacent to an activating group) is 1. The number of carbonyl (C=O) groups is 1. The molecule has 0 bridgehead atoms. The highest BCUT2D eigenvalue weighted by Gasteiger charge is 2.08. The molecule has 0 saturated carbocycles. The summed E-state index contributed by atoms with van der Waals surface area (Å²) in [6.45, 7) is 4.40. The fourth-order valence-corrected chi connectivity index (χ4v) is 1.46. The molecule has 4 nitrogen and oxygen atoms in total. The van der Waals surface area contributed by atoms with Gasteiger partial charge in [0.25, 0.3) is 5.91 Å². The molecule has 1 aromatic carbocycles. The van der Waals surface area contributed by atoms with Crippen molar-refractivity contribution in [3.8, 4) is 5.75 Å². The molecule has 1 aromatic rings. The van der Waals surface area contributed by atoms with E-state index in [4.69, 9.17) is 10.5 Å². The minimum Gasteiger partial charge on any atom is -0.484 e. The predicted octanol–water partition coefficient (Wildman–Crippen LogP) is 2.07. The number of amides is 1. The second kappa shape index (κ2) is 7.37. The van der Waals surface area contributed by atoms with Crippen LogP contribution < -0.4 is 10.5 Å². The van der Waals surface area contributed by atoms with Gasteiger partial charge in [0.15, 0.2) is 6.61 Å². The molecule has 2 N–H and O–H groups in total. The predicted molar refractivity (Wildman–Crippen MR) is 73.4 cm³/mol. The number of nitrogens with two attached hydrogens (primary N) is 1. The molecule has 0 fully saturated rings. The lowest BCUT2D eigenvalue weighted by atomic mass is 10.3. The monoisotopic (exact) mass is 248 g/mol. The van der Waals surface area contributed by atoms with Gasteiger partial charge in [-0.3, -0.25) is 4.79 Å². The molecule has 0 radical (unpaired) electrons. The SMILES string of the molecule is C=CCCCN(C)C(=O)COc1cccc(N)c1. The van der Waals surface area contributed by atoms with Crippen LogP contribution in [0.3, 0.4) is 0 Å². The Labute approximate surface area is 108 Å². The topological polar surface area (TPSA) is 55.6 Å². The lowest BCUT2D eigenvalue weighted by Crippen LogP contribution is -2.32. The molecule has 18 heavy (non-hydrogen) atoms. The van der Waals surface area contributed by atoms with E-state index < -0.39 is 0 Å². The van der Waals surface area contributed by atoms with Crippen molar-refractivity contribution in [3.63, 3.8) is 0 Å². The quantitative estimate of drug-likeness (QED) is 0.456. The number of benzene rings is 1. The number of nitrogen functional groups attached to an aromatic ring is 1. The Bertz CT molecular complexity index is 405. The smallest absolute Gasteiger partial charge is 0.260 e. The fourth-order valence-electron chi connectivity index (χ4n) is 1.46. The first-order valence-electron chi connectivity index (χ1n) is 5.96. The highest BCUT2D eigenvalue weighted by molar-refractivity contribution is 5.77. The maximum atomic E-state index is 11.7. The molecule has 0 aliphatic heterocycles. The van der Waals surface area contributed by atoms with Crippen LogP contribution in [0.5, 0.6) is 5.75 Å². The van der Waals surface area contributed by atoms with Gasteiger partial charge in [-0.1, -0.05) is 12.1 Å². The van der Waals surface area contributed by atoms with Crippen LogP contribution in [0.4, 0.5) is 5.69 Å². The van der Waals surface area contributed by atoms with Gasteiger partial charge in [0.2, 0.25) is 0 Å². The molecule has 1 amide bonds. The van der Waals surface area contributed by atoms with Crippen LogP contribution in [-0.2, 0) is 4.79 Å². The third kappa shape index (κ3) is 4.91. The van der Waals surface area contributed by atoms with E-state index in [1.165, 1.54) is 0 Å². The van der Waals surface area contributed by atoms with Gasteiger partial charge in [0.1, 0.15) is 5.75 Å². The number of allylic oxidation sites excluding steroid dienone is 1. The number of unbranched alkanes of at least 4 members (excludes halogenated alkanes) is 1. The van der Waals surface area contributed by atoms with Gasteiger partial charge >= 0.3 is 0 Å². The first-order valence-corrected chi connectivity index (χ1v) is 5.96. The first kappa shape index (κ1) is 14.1. The molecule has 1 rings (SSSR count). The van der Waals surface area contributed by atoms with Crippen molar-refractivity contribution in [2.45, 2.75) is 12.8 Å². The fraction of sp³-hybridized carbons (Fsp3) is 0.357. The lowest BCUT2D eigenvalue weighted by Gasteiger charge is -2.17. The summed E-state index contributed by atoms with van der Waals surface area (Å²) in [5.41, 5.74) is 6.25. The molecular weight excluding hydrogens is 228 g/mol. The van der Waals surface area contributed by atoms with Crippen molar-refractivity contribution >= 4 is 11.6 Å². The second-order valence-electron chi connectivity index (χ2n) is 4.11. The zero-order valence-electron chi connectivity index (χ0n) is 10.8. The van der Waals surface area contributed by atoms with Crippen molar-refractivity contribution in [1.82, 2.24) is 4.90 Å². The van der Waals surface area contributed by atoms with Crippen molar-refractivity contribution in [3.05, 3.63) is 36.9 Å². The van der Waals surface area contributed by atoms with Crippen LogP contribution in [0.2, 0.25) is 0 Å². The van der Waals surface area contributed by atoms with Crippen LogP contribution in [0, 0.1) is 0 Å². The van der Waals surface area contributed by atoms with Gasteiger partial charge in [-0.2, -0.15) is 0 Å². The number of hydrogen-bond acceptors (Lipinski definition) is 3. The Kier molecular flexibility index (Phi) is 5.77. The van der Waals surface area contributed by atoms with E-state index in [1.807, 2.05) is 6.08 Å². The van der Waals surface area contributed by atoms with Gasteiger partial charge in [0, 0.05) is 25.3 Å². The lowest BCUT2D eigenvalue weighted by molar-refractivity contribution is -0.132. The molecule has 0 unspecified atom stereocenters. The second-order valence-corrected chi connectivity index (χ2v) is 4.11. The number of ether oxygens (including phenoxy) is 1. The van der Waals surface area contributed by atoms with Crippen LogP contribution in [-0.4, -0.2) is 31.0 Å². The molecule has 4 heteroatoms. The first-order chi connectivity index (χ1) is 8.63. The third-order valence-electron chi connectivity index (χ3n) is 2.55. The molecule has 0 heterocycles. The van der Waals surface area contributed by atoms with E-state index in [-0.39, 0.29) is 12.5 Å². The van der Waals surface area contributed by atoms with E-state index in [2.05, 4.69) is 6.58 Å². The van der Waals surface area contributed by atoms with Crippen molar-refractivity contribution in [1.29, 1.82) is 0 Å². The number of carbonyl (C=O) groups excluding carboxylic acids is 1. The molecular formula is C14H20N2O2. The number of rotatable bonds is 7. The van der Waals surface area contributed by atoms with E-state index in [0.29, 0.717) is 18.0 Å². The van der Waals surface area contributed by atoms with Gasteiger partial charge in [-0.15, -0.1) is 6.58 Å². The molecule has 98 valence electrons. The number of hydrogen-bond donors (Lipinski definition) is 1. The summed E-state index contributed by atoms with van der Waals surface area (Å²) in [4.78, 5) is 13.4. The zero-order valence-corrected chi connectivity index (χ0v) is 10.8. The van der Waals surface area contributed by atoms with Gasteiger partial charge in [-0.05, 0) is 25.0 Å². The summed E-state index contributed by atoms with van der Waals surface area (Å²) in [6.07, 6.45) is 3.68. The Balaban J connectivity index is 2.34. The van der Waals surface area contributed by atoms with Gasteiger partial charge in [0.05, 0.1) is 0 Å². The minimum absolute atomic E-state index is 0.0358. The Morgan fingerprint density at radius 3 is 3.00 bits per heavy atom. The molecule has 0 atom stereocenters. The Morgan fingerprint density at radius 1 is 1.56 bits per heavy atom. The standard InChI is InChI=1S/C14H20N2O2/c1-3-4-5-9-16(2)14(17)11-18-13-8-6-7-12(15)10-13/h3,6-8,10H,1,4-5,9,11,15H2,2H3. The van der Waals surface area contributed by atoms with Crippen LogP contribution >= 0.6 is 0 Å². The van der Waals surface area contributed by atoms with Crippen molar-refractivity contribution in [2.75, 3.05) is 25.9 Å². The van der Waals surface area contributed by atoms with E-state index >= 15 is 0 Å². The molecule has 0 spiro atoms. The highest BCUT2D eigenvalue weighted by Crippen LogP contribution is 2.14. The normalized spacial score (nSPS) is 9.83. The van der Waals surface area contributed by atoms with E-state index in [0.717, 1.165) is 12.8 Å². The average molecular weight is 248 g/mol. The molecule has 0 aliphatic carbocycles. The van der Waals surface area contributed by atoms with Crippen LogP contribution in [0.1, 0.15) is 12.8 Å². The summed E-state index contributed by atoms with van der Waals surface area (Å²) in [7, 11) is 1.77. The van der Waals surface area contributed by atoms with Gasteiger partial charge in [-0.25, -0.2) is 0 Å². The van der Waals surface area contributed by atoms with Crippen LogP contribution in [0.15, 0.2) is 36.9 Å². The van der Waals surface area contributed by atoms with Crippen molar-refractivity contribution in [2.24, 2.45) is 0 Å². The van der Waals surface area contributed by atoms with E-state index in [1.54, 1.807) is 36.2 Å². The maximum absolute atomic E-state index is 11.7. The largest absolute Gasteiger partial charge is 0.484 e. The third-order valence-corrected chi connectivity index (χ3v) is 2.55. The summed E-state index contributed by atoms with van der Waals surface area (Å²) >= 11 is 0. The highest BCUT2D eigenvalue weighted by atomic mass is 16.5. The van der Waals surface area contributed by atoms with Crippen molar-refractivity contribution < 1.29 is 9.53 Å². The Hall–Kier alpha value is -1.97. The summed E-state index contributed by atoms with van der Waals surface area (Å²) in [6, 6.07) is 7.05. The Morgan fingerprint density at radius 2 is 2.33 bits per heavy atom.